The van der Waals surface area contributed by atoms with Gasteiger partial charge in [-0.2, -0.15) is 0 Å². The molecule has 26 heavy (non-hydrogen) atoms. The fourth-order valence-corrected chi connectivity index (χ4v) is 4.34. The molecular weight excluding hydrogens is 350 g/mol. The van der Waals surface area contributed by atoms with E-state index in [0.717, 1.165) is 35.2 Å². The number of carbonyl (C=O) groups excluding carboxylic acids is 1. The summed E-state index contributed by atoms with van der Waals surface area (Å²) in [7, 11) is 0. The van der Waals surface area contributed by atoms with E-state index in [1.165, 1.54) is 16.9 Å². The van der Waals surface area contributed by atoms with Crippen molar-refractivity contribution in [2.24, 2.45) is 0 Å². The lowest BCUT2D eigenvalue weighted by Crippen LogP contribution is -2.37. The zero-order valence-corrected chi connectivity index (χ0v) is 15.9. The first kappa shape index (κ1) is 17.2. The molecule has 0 saturated carbocycles. The maximum atomic E-state index is 13.1. The zero-order valence-electron chi connectivity index (χ0n) is 15.1. The fourth-order valence-electron chi connectivity index (χ4n) is 3.32. The lowest BCUT2D eigenvalue weighted by atomic mass is 10.1. The molecule has 1 amide bonds. The van der Waals surface area contributed by atoms with Crippen LogP contribution in [0.4, 0.5) is 5.13 Å². The topological polar surface area (TPSA) is 68.5 Å². The van der Waals surface area contributed by atoms with Crippen LogP contribution < -0.4 is 4.90 Å². The Morgan fingerprint density at radius 1 is 1.31 bits per heavy atom. The highest BCUT2D eigenvalue weighted by Gasteiger charge is 2.29. The molecule has 1 saturated heterocycles. The largest absolute Gasteiger partial charge is 0.376 e. The highest BCUT2D eigenvalue weighted by molar-refractivity contribution is 7.22. The van der Waals surface area contributed by atoms with Gasteiger partial charge in [-0.05, 0) is 50.8 Å². The summed E-state index contributed by atoms with van der Waals surface area (Å²) < 4.78 is 12.1. The van der Waals surface area contributed by atoms with Gasteiger partial charge in [0.05, 0.1) is 28.6 Å². The van der Waals surface area contributed by atoms with E-state index in [0.29, 0.717) is 17.4 Å². The molecule has 1 fully saturated rings. The lowest BCUT2D eigenvalue weighted by Gasteiger charge is -2.21. The summed E-state index contributed by atoms with van der Waals surface area (Å²) >= 11 is 1.53. The van der Waals surface area contributed by atoms with Gasteiger partial charge in [0.2, 0.25) is 5.76 Å². The summed E-state index contributed by atoms with van der Waals surface area (Å²) in [6, 6.07) is 5.85. The number of hydrogen-bond acceptors (Lipinski definition) is 6. The van der Waals surface area contributed by atoms with E-state index in [1.54, 1.807) is 17.9 Å². The first-order valence-corrected chi connectivity index (χ1v) is 9.57. The number of amides is 1. The molecule has 0 N–H and O–H groups in total. The van der Waals surface area contributed by atoms with Crippen molar-refractivity contribution >= 4 is 32.6 Å². The lowest BCUT2D eigenvalue weighted by molar-refractivity contribution is 0.0887. The van der Waals surface area contributed by atoms with Gasteiger partial charge in [0.15, 0.2) is 5.13 Å². The molecule has 3 aromatic rings. The SMILES string of the molecule is Cc1cc(C)c2sc(N(CC3CCCO3)C(=O)c3cc(C)no3)nc2c1. The summed E-state index contributed by atoms with van der Waals surface area (Å²) in [4.78, 5) is 19.5. The molecule has 1 aromatic carbocycles. The Morgan fingerprint density at radius 2 is 2.15 bits per heavy atom. The van der Waals surface area contributed by atoms with Gasteiger partial charge in [-0.3, -0.25) is 9.69 Å². The predicted octanol–water partition coefficient (Wildman–Crippen LogP) is 4.04. The third-order valence-corrected chi connectivity index (χ3v) is 5.76. The second-order valence-corrected chi connectivity index (χ2v) is 7.79. The molecule has 4 rings (SSSR count). The van der Waals surface area contributed by atoms with E-state index in [-0.39, 0.29) is 17.8 Å². The van der Waals surface area contributed by atoms with Crippen molar-refractivity contribution < 1.29 is 14.1 Å². The number of nitrogens with zero attached hydrogens (tertiary/aromatic N) is 3. The highest BCUT2D eigenvalue weighted by atomic mass is 32.1. The minimum atomic E-state index is -0.227. The molecule has 1 atom stereocenters. The summed E-state index contributed by atoms with van der Waals surface area (Å²) in [5.74, 6) is 0.00202. The van der Waals surface area contributed by atoms with E-state index in [1.807, 2.05) is 0 Å². The minimum absolute atomic E-state index is 0.0258. The van der Waals surface area contributed by atoms with Crippen molar-refractivity contribution in [2.75, 3.05) is 18.1 Å². The van der Waals surface area contributed by atoms with Crippen LogP contribution >= 0.6 is 11.3 Å². The van der Waals surface area contributed by atoms with Gasteiger partial charge >= 0.3 is 0 Å². The predicted molar refractivity (Wildman–Crippen MR) is 101 cm³/mol. The molecule has 0 aliphatic carbocycles. The molecular formula is C19H21N3O3S. The summed E-state index contributed by atoms with van der Waals surface area (Å²) in [5.41, 5.74) is 3.93. The van der Waals surface area contributed by atoms with Gasteiger partial charge in [-0.1, -0.05) is 22.6 Å². The number of thiazole rings is 1. The number of ether oxygens (including phenoxy) is 1. The van der Waals surface area contributed by atoms with Gasteiger partial charge in [-0.15, -0.1) is 0 Å². The van der Waals surface area contributed by atoms with E-state index < -0.39 is 0 Å². The number of benzene rings is 1. The average molecular weight is 371 g/mol. The van der Waals surface area contributed by atoms with Gasteiger partial charge in [0.1, 0.15) is 0 Å². The molecule has 2 aromatic heterocycles. The number of hydrogen-bond donors (Lipinski definition) is 0. The number of anilines is 1. The van der Waals surface area contributed by atoms with E-state index in [2.05, 4.69) is 31.1 Å². The van der Waals surface area contributed by atoms with Crippen LogP contribution in [0, 0.1) is 20.8 Å². The minimum Gasteiger partial charge on any atom is -0.376 e. The van der Waals surface area contributed by atoms with Crippen molar-refractivity contribution in [3.8, 4) is 0 Å². The van der Waals surface area contributed by atoms with Gasteiger partial charge in [-0.25, -0.2) is 4.98 Å². The van der Waals surface area contributed by atoms with Crippen molar-refractivity contribution in [1.82, 2.24) is 10.1 Å². The first-order valence-electron chi connectivity index (χ1n) is 8.76. The number of aromatic nitrogens is 2. The molecule has 0 bridgehead atoms. The maximum Gasteiger partial charge on any atom is 0.298 e. The summed E-state index contributed by atoms with van der Waals surface area (Å²) in [6.07, 6.45) is 1.99. The van der Waals surface area contributed by atoms with Crippen LogP contribution in [0.25, 0.3) is 10.2 Å². The van der Waals surface area contributed by atoms with Crippen molar-refractivity contribution in [3.63, 3.8) is 0 Å². The Balaban J connectivity index is 1.74. The number of carbonyl (C=O) groups is 1. The van der Waals surface area contributed by atoms with Crippen LogP contribution in [0.3, 0.4) is 0 Å². The van der Waals surface area contributed by atoms with Gasteiger partial charge in [0, 0.05) is 12.7 Å². The fraction of sp³-hybridized carbons (Fsp3) is 0.421. The van der Waals surface area contributed by atoms with Crippen LogP contribution in [0.5, 0.6) is 0 Å². The highest BCUT2D eigenvalue weighted by Crippen LogP contribution is 2.33. The smallest absolute Gasteiger partial charge is 0.298 e. The zero-order chi connectivity index (χ0) is 18.3. The molecule has 0 radical (unpaired) electrons. The third-order valence-electron chi connectivity index (χ3n) is 4.53. The van der Waals surface area contributed by atoms with Gasteiger partial charge in [0.25, 0.3) is 5.91 Å². The van der Waals surface area contributed by atoms with Crippen LogP contribution in [0.1, 0.15) is 40.2 Å². The molecule has 6 nitrogen and oxygen atoms in total. The first-order chi connectivity index (χ1) is 12.5. The Morgan fingerprint density at radius 3 is 2.85 bits per heavy atom. The molecule has 1 aliphatic rings. The standard InChI is InChI=1S/C19H21N3O3S/c1-11-7-12(2)17-15(8-11)20-19(26-17)22(10-14-5-4-6-24-14)18(23)16-9-13(3)21-25-16/h7-9,14H,4-6,10H2,1-3H3. The van der Waals surface area contributed by atoms with E-state index in [4.69, 9.17) is 14.2 Å². The maximum absolute atomic E-state index is 13.1. The second-order valence-electron chi connectivity index (χ2n) is 6.81. The van der Waals surface area contributed by atoms with E-state index >= 15 is 0 Å². The normalized spacial score (nSPS) is 17.1. The molecule has 136 valence electrons. The van der Waals surface area contributed by atoms with Crippen molar-refractivity contribution in [3.05, 3.63) is 40.8 Å². The Hall–Kier alpha value is -2.25. The van der Waals surface area contributed by atoms with Crippen LogP contribution in [-0.4, -0.2) is 35.3 Å². The monoisotopic (exact) mass is 371 g/mol. The second kappa shape index (κ2) is 6.81. The van der Waals surface area contributed by atoms with Gasteiger partial charge < -0.3 is 9.26 Å². The van der Waals surface area contributed by atoms with Crippen LogP contribution in [0.2, 0.25) is 0 Å². The third kappa shape index (κ3) is 3.24. The van der Waals surface area contributed by atoms with E-state index in [9.17, 15) is 4.79 Å². The van der Waals surface area contributed by atoms with Crippen molar-refractivity contribution in [2.45, 2.75) is 39.7 Å². The molecule has 3 heterocycles. The molecule has 1 aliphatic heterocycles. The Kier molecular flexibility index (Phi) is 4.50. The number of fused-ring (bicyclic) bond motifs is 1. The number of aryl methyl sites for hydroxylation is 3. The molecule has 0 spiro atoms. The average Bonchev–Trinajstić information content (AvgIpc) is 3.32. The summed E-state index contributed by atoms with van der Waals surface area (Å²) in [5, 5.41) is 4.51. The van der Waals surface area contributed by atoms with Crippen LogP contribution in [0.15, 0.2) is 22.7 Å². The Bertz CT molecular complexity index is 956. The summed E-state index contributed by atoms with van der Waals surface area (Å²) in [6.45, 7) is 7.14. The Labute approximate surface area is 155 Å². The van der Waals surface area contributed by atoms with Crippen LogP contribution in [-0.2, 0) is 4.74 Å². The molecule has 1 unspecified atom stereocenters. The number of rotatable bonds is 4. The van der Waals surface area contributed by atoms with Crippen molar-refractivity contribution in [1.29, 1.82) is 0 Å². The quantitative estimate of drug-likeness (QED) is 0.692. The molecule has 7 heteroatoms.